The van der Waals surface area contributed by atoms with Crippen LogP contribution in [0.4, 0.5) is 5.69 Å². The molecule has 2 rings (SSSR count). The highest BCUT2D eigenvalue weighted by atomic mass is 16.5. The summed E-state index contributed by atoms with van der Waals surface area (Å²) in [6.45, 7) is 3.64. The summed E-state index contributed by atoms with van der Waals surface area (Å²) in [7, 11) is 0. The molecule has 0 spiro atoms. The van der Waals surface area contributed by atoms with Gasteiger partial charge < -0.3 is 15.6 Å². The van der Waals surface area contributed by atoms with E-state index in [-0.39, 0.29) is 17.0 Å². The van der Waals surface area contributed by atoms with Crippen molar-refractivity contribution in [3.8, 4) is 17.6 Å². The number of nitriles is 1. The molecule has 0 amide bonds. The molecule has 0 aliphatic carbocycles. The fourth-order valence-electron chi connectivity index (χ4n) is 2.11. The third-order valence-electron chi connectivity index (χ3n) is 3.10. The molecule has 0 aliphatic heterocycles. The monoisotopic (exact) mass is 282 g/mol. The van der Waals surface area contributed by atoms with Crippen molar-refractivity contribution >= 4 is 11.7 Å². The van der Waals surface area contributed by atoms with Crippen LogP contribution in [0, 0.1) is 25.2 Å². The van der Waals surface area contributed by atoms with E-state index in [4.69, 9.17) is 20.8 Å². The van der Waals surface area contributed by atoms with Gasteiger partial charge in [0.25, 0.3) is 0 Å². The summed E-state index contributed by atoms with van der Waals surface area (Å²) in [5.74, 6) is -0.250. The molecule has 0 radical (unpaired) electrons. The molecule has 2 aromatic carbocycles. The molecule has 21 heavy (non-hydrogen) atoms. The second-order valence-electron chi connectivity index (χ2n) is 4.68. The van der Waals surface area contributed by atoms with Crippen molar-refractivity contribution in [2.24, 2.45) is 0 Å². The molecule has 106 valence electrons. The van der Waals surface area contributed by atoms with Gasteiger partial charge in [-0.2, -0.15) is 5.26 Å². The van der Waals surface area contributed by atoms with Gasteiger partial charge >= 0.3 is 5.97 Å². The van der Waals surface area contributed by atoms with Crippen molar-refractivity contribution in [2.75, 3.05) is 5.73 Å². The van der Waals surface area contributed by atoms with E-state index >= 15 is 0 Å². The van der Waals surface area contributed by atoms with Crippen LogP contribution in [0.3, 0.4) is 0 Å². The number of carboxylic acids is 1. The quantitative estimate of drug-likeness (QED) is 0.842. The molecule has 0 saturated heterocycles. The first-order chi connectivity index (χ1) is 9.93. The zero-order valence-electron chi connectivity index (χ0n) is 11.7. The number of aryl methyl sites for hydroxylation is 2. The molecule has 0 aliphatic rings. The van der Waals surface area contributed by atoms with Crippen molar-refractivity contribution in [3.05, 3.63) is 52.6 Å². The Hall–Kier alpha value is -3.00. The second kappa shape index (κ2) is 5.55. The fraction of sp³-hybridized carbons (Fsp3) is 0.125. The molecule has 0 bridgehead atoms. The maximum Gasteiger partial charge on any atom is 0.337 e. The molecule has 5 nitrogen and oxygen atoms in total. The number of carbonyl (C=O) groups is 1. The van der Waals surface area contributed by atoms with Gasteiger partial charge in [-0.15, -0.1) is 0 Å². The Kier molecular flexibility index (Phi) is 3.81. The third kappa shape index (κ3) is 2.79. The highest BCUT2D eigenvalue weighted by Gasteiger charge is 2.14. The zero-order chi connectivity index (χ0) is 15.6. The lowest BCUT2D eigenvalue weighted by atomic mass is 10.1. The van der Waals surface area contributed by atoms with E-state index in [1.165, 1.54) is 6.07 Å². The van der Waals surface area contributed by atoms with Gasteiger partial charge in [0.1, 0.15) is 5.75 Å². The lowest BCUT2D eigenvalue weighted by Crippen LogP contribution is -2.04. The van der Waals surface area contributed by atoms with Crippen LogP contribution in [0.15, 0.2) is 30.3 Å². The predicted molar refractivity (Wildman–Crippen MR) is 78.5 cm³/mol. The average Bonchev–Trinajstić information content (AvgIpc) is 2.43. The SMILES string of the molecule is Cc1cc(C#N)cc(C)c1Oc1cccc(C(=O)O)c1N. The van der Waals surface area contributed by atoms with Gasteiger partial charge in [-0.1, -0.05) is 6.07 Å². The van der Waals surface area contributed by atoms with Crippen LogP contribution in [0.2, 0.25) is 0 Å². The second-order valence-corrected chi connectivity index (χ2v) is 4.68. The molecule has 3 N–H and O–H groups in total. The van der Waals surface area contributed by atoms with Crippen molar-refractivity contribution in [2.45, 2.75) is 13.8 Å². The lowest BCUT2D eigenvalue weighted by Gasteiger charge is -2.14. The number of nitrogens with two attached hydrogens (primary N) is 1. The smallest absolute Gasteiger partial charge is 0.337 e. The molecule has 0 saturated carbocycles. The Labute approximate surface area is 122 Å². The van der Waals surface area contributed by atoms with Crippen LogP contribution in [-0.4, -0.2) is 11.1 Å². The van der Waals surface area contributed by atoms with Gasteiger partial charge in [0.15, 0.2) is 5.75 Å². The van der Waals surface area contributed by atoms with Gasteiger partial charge in [-0.05, 0) is 49.2 Å². The minimum atomic E-state index is -1.11. The Morgan fingerprint density at radius 2 is 1.90 bits per heavy atom. The number of aromatic carboxylic acids is 1. The van der Waals surface area contributed by atoms with E-state index < -0.39 is 5.97 Å². The molecule has 0 heterocycles. The largest absolute Gasteiger partial charge is 0.478 e. The molecular formula is C16H14N2O3. The number of para-hydroxylation sites is 1. The van der Waals surface area contributed by atoms with Crippen LogP contribution in [0.5, 0.6) is 11.5 Å². The van der Waals surface area contributed by atoms with Crippen LogP contribution in [0.1, 0.15) is 27.0 Å². The average molecular weight is 282 g/mol. The number of hydrogen-bond donors (Lipinski definition) is 2. The summed E-state index contributed by atoms with van der Waals surface area (Å²) >= 11 is 0. The summed E-state index contributed by atoms with van der Waals surface area (Å²) in [6.07, 6.45) is 0. The summed E-state index contributed by atoms with van der Waals surface area (Å²) in [6, 6.07) is 10.1. The topological polar surface area (TPSA) is 96.3 Å². The van der Waals surface area contributed by atoms with E-state index in [9.17, 15) is 4.79 Å². The number of benzene rings is 2. The predicted octanol–water partition coefficient (Wildman–Crippen LogP) is 3.25. The van der Waals surface area contributed by atoms with Crippen molar-refractivity contribution in [3.63, 3.8) is 0 Å². The summed E-state index contributed by atoms with van der Waals surface area (Å²) in [4.78, 5) is 11.1. The molecule has 2 aromatic rings. The minimum absolute atomic E-state index is 0.00329. The maximum absolute atomic E-state index is 11.1. The Morgan fingerprint density at radius 1 is 1.29 bits per heavy atom. The molecule has 0 unspecified atom stereocenters. The van der Waals surface area contributed by atoms with E-state index in [2.05, 4.69) is 6.07 Å². The number of anilines is 1. The molecule has 0 fully saturated rings. The third-order valence-corrected chi connectivity index (χ3v) is 3.10. The fourth-order valence-corrected chi connectivity index (χ4v) is 2.11. The molecular weight excluding hydrogens is 268 g/mol. The van der Waals surface area contributed by atoms with Crippen LogP contribution >= 0.6 is 0 Å². The van der Waals surface area contributed by atoms with Gasteiger partial charge in [-0.3, -0.25) is 0 Å². The number of nitrogen functional groups attached to an aromatic ring is 1. The summed E-state index contributed by atoms with van der Waals surface area (Å²) in [5.41, 5.74) is 8.02. The van der Waals surface area contributed by atoms with Gasteiger partial charge in [0.05, 0.1) is 22.9 Å². The first-order valence-corrected chi connectivity index (χ1v) is 6.25. The van der Waals surface area contributed by atoms with Gasteiger partial charge in [0.2, 0.25) is 0 Å². The van der Waals surface area contributed by atoms with Crippen molar-refractivity contribution < 1.29 is 14.6 Å². The first-order valence-electron chi connectivity index (χ1n) is 6.25. The standard InChI is InChI=1S/C16H14N2O3/c1-9-6-11(8-17)7-10(2)15(9)21-13-5-3-4-12(14(13)18)16(19)20/h3-7H,18H2,1-2H3,(H,19,20). The zero-order valence-corrected chi connectivity index (χ0v) is 11.7. The maximum atomic E-state index is 11.1. The molecule has 5 heteroatoms. The highest BCUT2D eigenvalue weighted by Crippen LogP contribution is 2.34. The minimum Gasteiger partial charge on any atom is -0.478 e. The van der Waals surface area contributed by atoms with Crippen LogP contribution in [-0.2, 0) is 0 Å². The number of hydrogen-bond acceptors (Lipinski definition) is 4. The first kappa shape index (κ1) is 14.4. The van der Waals surface area contributed by atoms with E-state index in [0.29, 0.717) is 11.3 Å². The van der Waals surface area contributed by atoms with E-state index in [0.717, 1.165) is 11.1 Å². The molecule has 0 atom stereocenters. The van der Waals surface area contributed by atoms with Gasteiger partial charge in [-0.25, -0.2) is 4.79 Å². The van der Waals surface area contributed by atoms with Crippen molar-refractivity contribution in [1.82, 2.24) is 0 Å². The normalized spacial score (nSPS) is 9.95. The Morgan fingerprint density at radius 3 is 2.43 bits per heavy atom. The number of carboxylic acid groups (broad SMARTS) is 1. The van der Waals surface area contributed by atoms with Crippen LogP contribution in [0.25, 0.3) is 0 Å². The number of nitrogens with zero attached hydrogens (tertiary/aromatic N) is 1. The van der Waals surface area contributed by atoms with Crippen LogP contribution < -0.4 is 10.5 Å². The van der Waals surface area contributed by atoms with E-state index in [1.807, 2.05) is 13.8 Å². The Bertz CT molecular complexity index is 738. The molecule has 0 aromatic heterocycles. The van der Waals surface area contributed by atoms with Gasteiger partial charge in [0, 0.05) is 0 Å². The summed E-state index contributed by atoms with van der Waals surface area (Å²) in [5, 5.41) is 18.0. The Balaban J connectivity index is 2.47. The van der Waals surface area contributed by atoms with E-state index in [1.54, 1.807) is 24.3 Å². The lowest BCUT2D eigenvalue weighted by molar-refractivity contribution is 0.0697. The summed E-state index contributed by atoms with van der Waals surface area (Å²) < 4.78 is 5.76. The number of rotatable bonds is 3. The highest BCUT2D eigenvalue weighted by molar-refractivity contribution is 5.95. The van der Waals surface area contributed by atoms with Crippen molar-refractivity contribution in [1.29, 1.82) is 5.26 Å². The number of ether oxygens (including phenoxy) is 1.